The number of rotatable bonds is 6. The van der Waals surface area contributed by atoms with Crippen molar-refractivity contribution in [2.45, 2.75) is 25.9 Å². The molecule has 0 saturated heterocycles. The van der Waals surface area contributed by atoms with Gasteiger partial charge in [0.25, 0.3) is 0 Å². The van der Waals surface area contributed by atoms with Crippen molar-refractivity contribution in [1.82, 2.24) is 9.97 Å². The summed E-state index contributed by atoms with van der Waals surface area (Å²) in [4.78, 5) is 7.72. The minimum absolute atomic E-state index is 0.142. The van der Waals surface area contributed by atoms with Gasteiger partial charge in [0, 0.05) is 18.8 Å². The predicted molar refractivity (Wildman–Crippen MR) is 57.0 cm³/mol. The van der Waals surface area contributed by atoms with Crippen LogP contribution < -0.4 is 10.1 Å². The van der Waals surface area contributed by atoms with Crippen LogP contribution in [0.3, 0.4) is 0 Å². The third-order valence-corrected chi connectivity index (χ3v) is 1.78. The Hall–Kier alpha value is -1.53. The molecule has 1 aromatic heterocycles. The van der Waals surface area contributed by atoms with E-state index in [9.17, 15) is 13.2 Å². The van der Waals surface area contributed by atoms with E-state index in [0.29, 0.717) is 12.5 Å². The SMILES string of the molecule is CCCOc1ccnc(NCCC(F)(F)F)n1. The molecule has 0 aliphatic carbocycles. The van der Waals surface area contributed by atoms with Crippen molar-refractivity contribution >= 4 is 5.95 Å². The highest BCUT2D eigenvalue weighted by atomic mass is 19.4. The molecule has 1 rings (SSSR count). The van der Waals surface area contributed by atoms with Gasteiger partial charge >= 0.3 is 6.18 Å². The third kappa shape index (κ3) is 5.94. The van der Waals surface area contributed by atoms with Crippen LogP contribution in [0.5, 0.6) is 5.88 Å². The fraction of sp³-hybridized carbons (Fsp3) is 0.600. The summed E-state index contributed by atoms with van der Waals surface area (Å²) in [5.41, 5.74) is 0. The zero-order chi connectivity index (χ0) is 12.7. The molecule has 0 aromatic carbocycles. The van der Waals surface area contributed by atoms with E-state index in [1.165, 1.54) is 6.20 Å². The fourth-order valence-corrected chi connectivity index (χ4v) is 1.03. The monoisotopic (exact) mass is 249 g/mol. The second-order valence-corrected chi connectivity index (χ2v) is 3.36. The normalized spacial score (nSPS) is 11.3. The summed E-state index contributed by atoms with van der Waals surface area (Å²) >= 11 is 0. The van der Waals surface area contributed by atoms with E-state index in [4.69, 9.17) is 4.74 Å². The summed E-state index contributed by atoms with van der Waals surface area (Å²) in [5, 5.41) is 2.50. The Kier molecular flexibility index (Phi) is 4.99. The number of ether oxygens (including phenoxy) is 1. The largest absolute Gasteiger partial charge is 0.478 e. The van der Waals surface area contributed by atoms with Crippen LogP contribution in [0.4, 0.5) is 19.1 Å². The van der Waals surface area contributed by atoms with Gasteiger partial charge in [0.2, 0.25) is 11.8 Å². The Balaban J connectivity index is 2.43. The molecule has 0 atom stereocenters. The van der Waals surface area contributed by atoms with Crippen molar-refractivity contribution in [3.63, 3.8) is 0 Å². The Bertz CT molecular complexity index is 344. The van der Waals surface area contributed by atoms with E-state index < -0.39 is 12.6 Å². The van der Waals surface area contributed by atoms with Gasteiger partial charge in [-0.3, -0.25) is 0 Å². The molecule has 1 N–H and O–H groups in total. The van der Waals surface area contributed by atoms with Gasteiger partial charge in [-0.25, -0.2) is 4.98 Å². The molecule has 17 heavy (non-hydrogen) atoms. The molecule has 7 heteroatoms. The Morgan fingerprint density at radius 3 is 2.82 bits per heavy atom. The van der Waals surface area contributed by atoms with E-state index in [-0.39, 0.29) is 12.5 Å². The van der Waals surface area contributed by atoms with Crippen molar-refractivity contribution in [3.8, 4) is 5.88 Å². The van der Waals surface area contributed by atoms with E-state index >= 15 is 0 Å². The number of alkyl halides is 3. The van der Waals surface area contributed by atoms with E-state index in [1.54, 1.807) is 6.07 Å². The second-order valence-electron chi connectivity index (χ2n) is 3.36. The zero-order valence-electron chi connectivity index (χ0n) is 9.42. The summed E-state index contributed by atoms with van der Waals surface area (Å²) in [6.45, 7) is 2.21. The molecule has 0 amide bonds. The highest BCUT2D eigenvalue weighted by molar-refractivity contribution is 5.27. The van der Waals surface area contributed by atoms with Crippen molar-refractivity contribution in [1.29, 1.82) is 0 Å². The van der Waals surface area contributed by atoms with E-state index in [2.05, 4.69) is 15.3 Å². The lowest BCUT2D eigenvalue weighted by molar-refractivity contribution is -0.131. The number of hydrogen-bond donors (Lipinski definition) is 1. The molecule has 0 saturated carbocycles. The minimum Gasteiger partial charge on any atom is -0.478 e. The highest BCUT2D eigenvalue weighted by Gasteiger charge is 2.26. The maximum absolute atomic E-state index is 11.9. The van der Waals surface area contributed by atoms with Crippen molar-refractivity contribution < 1.29 is 17.9 Å². The maximum atomic E-state index is 11.9. The summed E-state index contributed by atoms with van der Waals surface area (Å²) < 4.78 is 40.9. The number of anilines is 1. The Morgan fingerprint density at radius 2 is 2.18 bits per heavy atom. The first-order valence-electron chi connectivity index (χ1n) is 5.27. The van der Waals surface area contributed by atoms with Crippen LogP contribution in [-0.4, -0.2) is 29.3 Å². The van der Waals surface area contributed by atoms with Crippen molar-refractivity contribution in [2.75, 3.05) is 18.5 Å². The van der Waals surface area contributed by atoms with Crippen LogP contribution in [-0.2, 0) is 0 Å². The molecule has 0 bridgehead atoms. The Labute approximate surface area is 97.2 Å². The molecule has 0 fully saturated rings. The van der Waals surface area contributed by atoms with E-state index in [0.717, 1.165) is 6.42 Å². The molecule has 96 valence electrons. The molecule has 1 heterocycles. The average molecular weight is 249 g/mol. The summed E-state index contributed by atoms with van der Waals surface area (Å²) in [6, 6.07) is 1.56. The smallest absolute Gasteiger partial charge is 0.390 e. The predicted octanol–water partition coefficient (Wildman–Crippen LogP) is 2.63. The van der Waals surface area contributed by atoms with Gasteiger partial charge in [-0.1, -0.05) is 6.92 Å². The first kappa shape index (κ1) is 13.5. The van der Waals surface area contributed by atoms with E-state index in [1.807, 2.05) is 6.92 Å². The molecule has 0 spiro atoms. The van der Waals surface area contributed by atoms with Crippen LogP contribution in [0.15, 0.2) is 12.3 Å². The van der Waals surface area contributed by atoms with Crippen LogP contribution in [0.2, 0.25) is 0 Å². The molecule has 0 radical (unpaired) electrons. The third-order valence-electron chi connectivity index (χ3n) is 1.78. The van der Waals surface area contributed by atoms with Crippen molar-refractivity contribution in [2.24, 2.45) is 0 Å². The lowest BCUT2D eigenvalue weighted by Gasteiger charge is -2.08. The standard InChI is InChI=1S/C10H14F3N3O/c1-2-7-17-8-3-5-14-9(16-8)15-6-4-10(11,12)13/h3,5H,2,4,6-7H2,1H3,(H,14,15,16). The van der Waals surface area contributed by atoms with Gasteiger partial charge in [0.1, 0.15) is 0 Å². The summed E-state index contributed by atoms with van der Waals surface area (Å²) in [6.07, 6.45) is -2.82. The zero-order valence-corrected chi connectivity index (χ0v) is 9.42. The molecule has 0 unspecified atom stereocenters. The average Bonchev–Trinajstić information content (AvgIpc) is 2.25. The molecule has 0 aliphatic rings. The first-order valence-corrected chi connectivity index (χ1v) is 5.27. The number of nitrogens with zero attached hydrogens (tertiary/aromatic N) is 2. The number of hydrogen-bond acceptors (Lipinski definition) is 4. The number of aromatic nitrogens is 2. The second kappa shape index (κ2) is 6.27. The van der Waals surface area contributed by atoms with Gasteiger partial charge < -0.3 is 10.1 Å². The van der Waals surface area contributed by atoms with Crippen LogP contribution in [0, 0.1) is 0 Å². The number of halogens is 3. The van der Waals surface area contributed by atoms with Gasteiger partial charge in [-0.2, -0.15) is 18.2 Å². The fourth-order valence-electron chi connectivity index (χ4n) is 1.03. The van der Waals surface area contributed by atoms with Gasteiger partial charge in [-0.15, -0.1) is 0 Å². The maximum Gasteiger partial charge on any atom is 0.390 e. The van der Waals surface area contributed by atoms with Crippen LogP contribution in [0.25, 0.3) is 0 Å². The molecule has 0 aliphatic heterocycles. The van der Waals surface area contributed by atoms with Crippen molar-refractivity contribution in [3.05, 3.63) is 12.3 Å². The van der Waals surface area contributed by atoms with Crippen LogP contribution in [0.1, 0.15) is 19.8 Å². The van der Waals surface area contributed by atoms with Gasteiger partial charge in [-0.05, 0) is 6.42 Å². The quantitative estimate of drug-likeness (QED) is 0.841. The summed E-state index contributed by atoms with van der Waals surface area (Å²) in [5.74, 6) is 0.499. The van der Waals surface area contributed by atoms with Gasteiger partial charge in [0.15, 0.2) is 0 Å². The number of nitrogens with one attached hydrogen (secondary N) is 1. The molecule has 4 nitrogen and oxygen atoms in total. The first-order chi connectivity index (χ1) is 8.01. The highest BCUT2D eigenvalue weighted by Crippen LogP contribution is 2.19. The Morgan fingerprint density at radius 1 is 1.41 bits per heavy atom. The lowest BCUT2D eigenvalue weighted by atomic mass is 10.4. The molecular formula is C10H14F3N3O. The molecule has 1 aromatic rings. The van der Waals surface area contributed by atoms with Crippen LogP contribution >= 0.6 is 0 Å². The summed E-state index contributed by atoms with van der Waals surface area (Å²) in [7, 11) is 0. The topological polar surface area (TPSA) is 47.0 Å². The minimum atomic E-state index is -4.18. The lowest BCUT2D eigenvalue weighted by Crippen LogP contribution is -2.15. The molecular weight excluding hydrogens is 235 g/mol. The van der Waals surface area contributed by atoms with Gasteiger partial charge in [0.05, 0.1) is 13.0 Å².